The highest BCUT2D eigenvalue weighted by Gasteiger charge is 2.27. The quantitative estimate of drug-likeness (QED) is 0.406. The monoisotopic (exact) mass is 469 g/mol. The number of hydrogen-bond acceptors (Lipinski definition) is 6. The normalized spacial score (nSPS) is 14.4. The van der Waals surface area contributed by atoms with E-state index < -0.39 is 0 Å². The van der Waals surface area contributed by atoms with Crippen molar-refractivity contribution in [2.75, 3.05) is 31.1 Å². The van der Waals surface area contributed by atoms with E-state index >= 15 is 0 Å². The lowest BCUT2D eigenvalue weighted by Gasteiger charge is -2.40. The lowest BCUT2D eigenvalue weighted by molar-refractivity contribution is 0.211. The van der Waals surface area contributed by atoms with Crippen LogP contribution in [-0.4, -0.2) is 46.0 Å². The van der Waals surface area contributed by atoms with Crippen LogP contribution < -0.4 is 10.5 Å². The van der Waals surface area contributed by atoms with Crippen molar-refractivity contribution in [1.82, 2.24) is 19.9 Å². The lowest BCUT2D eigenvalue weighted by Crippen LogP contribution is -2.48. The summed E-state index contributed by atoms with van der Waals surface area (Å²) in [5, 5.41) is 0.924. The number of aromatic nitrogens is 3. The van der Waals surface area contributed by atoms with Crippen molar-refractivity contribution in [3.8, 4) is 0 Å². The van der Waals surface area contributed by atoms with Crippen molar-refractivity contribution >= 4 is 17.7 Å². The number of pyridine rings is 1. The van der Waals surface area contributed by atoms with Gasteiger partial charge in [0.05, 0.1) is 16.8 Å². The molecule has 7 heteroatoms. The van der Waals surface area contributed by atoms with Crippen molar-refractivity contribution in [2.24, 2.45) is 0 Å². The van der Waals surface area contributed by atoms with E-state index in [4.69, 9.17) is 4.98 Å². The molecule has 172 valence electrons. The van der Waals surface area contributed by atoms with Crippen LogP contribution in [0, 0.1) is 0 Å². The van der Waals surface area contributed by atoms with Crippen LogP contribution in [-0.2, 0) is 5.75 Å². The number of thioether (sulfide) groups is 1. The zero-order chi connectivity index (χ0) is 23.2. The Balaban J connectivity index is 1.30. The van der Waals surface area contributed by atoms with E-state index in [0.717, 1.165) is 36.9 Å². The highest BCUT2D eigenvalue weighted by atomic mass is 32.2. The first-order chi connectivity index (χ1) is 16.8. The molecule has 2 aromatic heterocycles. The second kappa shape index (κ2) is 10.7. The number of anilines is 1. The highest BCUT2D eigenvalue weighted by Crippen LogP contribution is 2.30. The summed E-state index contributed by atoms with van der Waals surface area (Å²) < 4.78 is 0. The summed E-state index contributed by atoms with van der Waals surface area (Å²) in [4.78, 5) is 29.1. The fourth-order valence-electron chi connectivity index (χ4n) is 4.37. The number of rotatable bonds is 7. The zero-order valence-corrected chi connectivity index (χ0v) is 19.7. The first-order valence-corrected chi connectivity index (χ1v) is 12.5. The molecule has 5 rings (SSSR count). The van der Waals surface area contributed by atoms with Crippen LogP contribution in [0.15, 0.2) is 101 Å². The van der Waals surface area contributed by atoms with Crippen LogP contribution >= 0.6 is 11.8 Å². The van der Waals surface area contributed by atoms with Crippen LogP contribution in [0.1, 0.15) is 22.9 Å². The summed E-state index contributed by atoms with van der Waals surface area (Å²) in [7, 11) is 0. The molecule has 0 radical (unpaired) electrons. The molecule has 1 fully saturated rings. The average molecular weight is 470 g/mol. The lowest BCUT2D eigenvalue weighted by atomic mass is 9.96. The Hall–Kier alpha value is -3.42. The van der Waals surface area contributed by atoms with Crippen molar-refractivity contribution in [2.45, 2.75) is 16.8 Å². The Kier molecular flexibility index (Phi) is 7.02. The highest BCUT2D eigenvalue weighted by molar-refractivity contribution is 7.98. The molecule has 0 unspecified atom stereocenters. The van der Waals surface area contributed by atoms with Crippen molar-refractivity contribution < 1.29 is 0 Å². The average Bonchev–Trinajstić information content (AvgIpc) is 2.90. The number of piperazine rings is 1. The molecule has 2 aromatic carbocycles. The minimum absolute atomic E-state index is 0.115. The minimum atomic E-state index is -0.115. The summed E-state index contributed by atoms with van der Waals surface area (Å²) in [6.07, 6.45) is 1.77. The van der Waals surface area contributed by atoms with Crippen LogP contribution in [0.25, 0.3) is 0 Å². The Bertz CT molecular complexity index is 1200. The molecule has 1 saturated heterocycles. The molecule has 3 heterocycles. The Morgan fingerprint density at radius 2 is 1.50 bits per heavy atom. The summed E-state index contributed by atoms with van der Waals surface area (Å²) in [5.41, 5.74) is 3.24. The molecular weight excluding hydrogens is 442 g/mol. The predicted molar refractivity (Wildman–Crippen MR) is 137 cm³/mol. The SMILES string of the molecule is O=c1cc(CSc2ccccn2)nc(N2CCN(C(c3ccccc3)c3ccccc3)CC2)[nH]1. The molecular formula is C27H27N5OS. The fourth-order valence-corrected chi connectivity index (χ4v) is 5.13. The van der Waals surface area contributed by atoms with Crippen LogP contribution in [0.2, 0.25) is 0 Å². The minimum Gasteiger partial charge on any atom is -0.340 e. The van der Waals surface area contributed by atoms with Gasteiger partial charge >= 0.3 is 0 Å². The number of H-pyrrole nitrogens is 1. The number of hydrogen-bond donors (Lipinski definition) is 1. The predicted octanol–water partition coefficient (Wildman–Crippen LogP) is 4.37. The second-order valence-corrected chi connectivity index (χ2v) is 9.26. The number of nitrogens with zero attached hydrogens (tertiary/aromatic N) is 4. The molecule has 0 amide bonds. The van der Waals surface area contributed by atoms with E-state index in [9.17, 15) is 4.79 Å². The molecule has 0 atom stereocenters. The molecule has 0 saturated carbocycles. The van der Waals surface area contributed by atoms with Gasteiger partial charge in [0.25, 0.3) is 5.56 Å². The van der Waals surface area contributed by atoms with Crippen molar-refractivity contribution in [1.29, 1.82) is 0 Å². The maximum absolute atomic E-state index is 12.4. The molecule has 34 heavy (non-hydrogen) atoms. The van der Waals surface area contributed by atoms with E-state index in [1.54, 1.807) is 24.0 Å². The first-order valence-electron chi connectivity index (χ1n) is 11.5. The molecule has 4 aromatic rings. The summed E-state index contributed by atoms with van der Waals surface area (Å²) in [5.74, 6) is 1.26. The van der Waals surface area contributed by atoms with E-state index in [1.165, 1.54) is 11.1 Å². The zero-order valence-electron chi connectivity index (χ0n) is 18.9. The van der Waals surface area contributed by atoms with Gasteiger partial charge in [-0.25, -0.2) is 9.97 Å². The summed E-state index contributed by atoms with van der Waals surface area (Å²) >= 11 is 1.58. The van der Waals surface area contributed by atoms with Crippen molar-refractivity contribution in [3.05, 3.63) is 118 Å². The van der Waals surface area contributed by atoms with Gasteiger partial charge in [0.1, 0.15) is 0 Å². The number of aromatic amines is 1. The second-order valence-electron chi connectivity index (χ2n) is 8.26. The standard InChI is InChI=1S/C27H27N5OS/c33-24-19-23(20-34-25-13-7-8-14-28-25)29-27(30-24)32-17-15-31(16-18-32)26(21-9-3-1-4-10-21)22-11-5-2-6-12-22/h1-14,19,26H,15-18,20H2,(H,29,30,33). The van der Waals surface area contributed by atoms with E-state index in [1.807, 2.05) is 18.2 Å². The molecule has 6 nitrogen and oxygen atoms in total. The Morgan fingerprint density at radius 1 is 0.853 bits per heavy atom. The van der Waals surface area contributed by atoms with Gasteiger partial charge in [0, 0.05) is 44.2 Å². The van der Waals surface area contributed by atoms with E-state index in [-0.39, 0.29) is 11.6 Å². The van der Waals surface area contributed by atoms with Gasteiger partial charge in [-0.15, -0.1) is 11.8 Å². The molecule has 0 bridgehead atoms. The Morgan fingerprint density at radius 3 is 2.12 bits per heavy atom. The maximum atomic E-state index is 12.4. The van der Waals surface area contributed by atoms with Crippen molar-refractivity contribution in [3.63, 3.8) is 0 Å². The number of nitrogens with one attached hydrogen (secondary N) is 1. The van der Waals surface area contributed by atoms with Gasteiger partial charge in [0.2, 0.25) is 5.95 Å². The van der Waals surface area contributed by atoms with E-state index in [2.05, 4.69) is 80.4 Å². The third-order valence-electron chi connectivity index (χ3n) is 6.00. The largest absolute Gasteiger partial charge is 0.340 e. The topological polar surface area (TPSA) is 65.1 Å². The molecule has 0 aliphatic carbocycles. The van der Waals surface area contributed by atoms with Gasteiger partial charge in [-0.2, -0.15) is 0 Å². The third kappa shape index (κ3) is 5.38. The molecule has 1 aliphatic rings. The first kappa shape index (κ1) is 22.4. The third-order valence-corrected chi connectivity index (χ3v) is 6.97. The van der Waals surface area contributed by atoms with Gasteiger partial charge in [-0.1, -0.05) is 66.7 Å². The van der Waals surface area contributed by atoms with Gasteiger partial charge in [-0.3, -0.25) is 14.7 Å². The van der Waals surface area contributed by atoms with Crippen LogP contribution in [0.5, 0.6) is 0 Å². The number of benzene rings is 2. The smallest absolute Gasteiger partial charge is 0.252 e. The molecule has 0 spiro atoms. The van der Waals surface area contributed by atoms with Crippen LogP contribution in [0.4, 0.5) is 5.95 Å². The Labute approximate surface area is 203 Å². The molecule has 1 N–H and O–H groups in total. The van der Waals surface area contributed by atoms with E-state index in [0.29, 0.717) is 11.7 Å². The maximum Gasteiger partial charge on any atom is 0.252 e. The van der Waals surface area contributed by atoms with Gasteiger partial charge in [-0.05, 0) is 23.3 Å². The van der Waals surface area contributed by atoms with Gasteiger partial charge < -0.3 is 4.90 Å². The molecule has 1 aliphatic heterocycles. The van der Waals surface area contributed by atoms with Crippen LogP contribution in [0.3, 0.4) is 0 Å². The fraction of sp³-hybridized carbons (Fsp3) is 0.222. The summed E-state index contributed by atoms with van der Waals surface area (Å²) in [6, 6.07) is 28.9. The van der Waals surface area contributed by atoms with Gasteiger partial charge in [0.15, 0.2) is 0 Å². The summed E-state index contributed by atoms with van der Waals surface area (Å²) in [6.45, 7) is 3.36.